The Morgan fingerprint density at radius 1 is 1.18 bits per heavy atom. The molecule has 2 aromatic rings. The summed E-state index contributed by atoms with van der Waals surface area (Å²) in [5, 5.41) is 7.66. The molecule has 4 heterocycles. The monoisotopic (exact) mass is 562 g/mol. The molecule has 0 spiro atoms. The van der Waals surface area contributed by atoms with Gasteiger partial charge in [-0.3, -0.25) is 14.4 Å². The van der Waals surface area contributed by atoms with Crippen molar-refractivity contribution in [2.45, 2.75) is 44.2 Å². The van der Waals surface area contributed by atoms with Crippen LogP contribution < -0.4 is 15.8 Å². The van der Waals surface area contributed by atoms with Gasteiger partial charge in [0.25, 0.3) is 5.56 Å². The van der Waals surface area contributed by atoms with Crippen LogP contribution in [0.2, 0.25) is 0 Å². The number of nitrogens with one attached hydrogen (secondary N) is 2. The van der Waals surface area contributed by atoms with Crippen molar-refractivity contribution in [3.05, 3.63) is 45.5 Å². The third kappa shape index (κ3) is 6.32. The Morgan fingerprint density at radius 2 is 1.92 bits per heavy atom. The Morgan fingerprint density at radius 3 is 2.62 bits per heavy atom. The number of rotatable bonds is 7. The summed E-state index contributed by atoms with van der Waals surface area (Å²) >= 11 is 0. The number of carbonyl (C=O) groups excluding carboxylic acids is 2. The van der Waals surface area contributed by atoms with E-state index in [-0.39, 0.29) is 63.0 Å². The van der Waals surface area contributed by atoms with E-state index in [1.54, 1.807) is 10.00 Å². The first-order chi connectivity index (χ1) is 18.3. The van der Waals surface area contributed by atoms with Gasteiger partial charge in [0.15, 0.2) is 5.78 Å². The molecule has 4 rings (SSSR count). The van der Waals surface area contributed by atoms with Crippen molar-refractivity contribution in [3.63, 3.8) is 0 Å². The molecule has 0 saturated carbocycles. The van der Waals surface area contributed by atoms with Crippen LogP contribution in [0.5, 0.6) is 0 Å². The highest BCUT2D eigenvalue weighted by atomic mass is 19.4. The molecule has 0 aliphatic carbocycles. The number of ketones is 1. The molecule has 212 valence electrons. The molecule has 2 atom stereocenters. The van der Waals surface area contributed by atoms with Gasteiger partial charge in [0.05, 0.1) is 48.7 Å². The highest BCUT2D eigenvalue weighted by Gasteiger charge is 2.40. The molecule has 2 N–H and O–H groups in total. The lowest BCUT2D eigenvalue weighted by atomic mass is 9.94. The van der Waals surface area contributed by atoms with E-state index < -0.39 is 52.6 Å². The van der Waals surface area contributed by atoms with Gasteiger partial charge in [0, 0.05) is 38.3 Å². The van der Waals surface area contributed by atoms with E-state index in [2.05, 4.69) is 15.4 Å². The van der Waals surface area contributed by atoms with Gasteiger partial charge >= 0.3 is 12.4 Å². The van der Waals surface area contributed by atoms with Crippen LogP contribution in [0.3, 0.4) is 0 Å². The maximum Gasteiger partial charge on any atom is 0.423 e. The number of anilines is 2. The fraction of sp³-hybridized carbons (Fsp3) is 0.522. The molecule has 0 radical (unpaired) electrons. The van der Waals surface area contributed by atoms with Gasteiger partial charge < -0.3 is 19.9 Å². The van der Waals surface area contributed by atoms with Crippen LogP contribution in [-0.4, -0.2) is 76.7 Å². The lowest BCUT2D eigenvalue weighted by Crippen LogP contribution is -2.57. The number of Topliss-reactive ketones (excluding diaryl/α,β-unsaturated/α-hetero) is 1. The smallest absolute Gasteiger partial charge is 0.379 e. The zero-order valence-corrected chi connectivity index (χ0v) is 20.5. The molecule has 2 aliphatic heterocycles. The maximum absolute atomic E-state index is 13.2. The second kappa shape index (κ2) is 10.8. The van der Waals surface area contributed by atoms with Crippen molar-refractivity contribution in [1.29, 1.82) is 0 Å². The highest BCUT2D eigenvalue weighted by molar-refractivity contribution is 6.03. The van der Waals surface area contributed by atoms with Crippen molar-refractivity contribution in [2.24, 2.45) is 0 Å². The standard InChI is InChI=1S/C23H24F6N6O4/c1-12(32-16-9-31-33-21(38)19(16)23(27,28)29)11-39-5-2-18(37)34-3-4-35-14(10-34)7-17(36)15-6-13(22(24,25)26)8-30-20(15)35/h6,8-9,12,14H,2-5,7,10-11H2,1H3,(H2,32,33,38)/t12-,14?/m0/s1. The van der Waals surface area contributed by atoms with E-state index in [1.165, 1.54) is 11.8 Å². The van der Waals surface area contributed by atoms with Crippen molar-refractivity contribution in [3.8, 4) is 0 Å². The number of aromatic amines is 1. The number of pyridine rings is 1. The molecule has 10 nitrogen and oxygen atoms in total. The third-order valence-electron chi connectivity index (χ3n) is 6.39. The first-order valence-corrected chi connectivity index (χ1v) is 11.9. The Hall–Kier alpha value is -3.69. The van der Waals surface area contributed by atoms with Crippen LogP contribution in [0.4, 0.5) is 37.8 Å². The third-order valence-corrected chi connectivity index (χ3v) is 6.39. The van der Waals surface area contributed by atoms with Crippen molar-refractivity contribution in [1.82, 2.24) is 20.1 Å². The first-order valence-electron chi connectivity index (χ1n) is 11.9. The molecule has 2 aliphatic rings. The molecule has 1 amide bonds. The number of amides is 1. The Bertz CT molecular complexity index is 1300. The maximum atomic E-state index is 13.2. The lowest BCUT2D eigenvalue weighted by Gasteiger charge is -2.44. The van der Waals surface area contributed by atoms with Crippen LogP contribution in [-0.2, 0) is 21.9 Å². The number of nitrogens with zero attached hydrogens (tertiary/aromatic N) is 4. The quantitative estimate of drug-likeness (QED) is 0.391. The fourth-order valence-electron chi connectivity index (χ4n) is 4.58. The average Bonchev–Trinajstić information content (AvgIpc) is 2.84. The number of fused-ring (bicyclic) bond motifs is 3. The predicted molar refractivity (Wildman–Crippen MR) is 124 cm³/mol. The summed E-state index contributed by atoms with van der Waals surface area (Å²) in [7, 11) is 0. The van der Waals surface area contributed by atoms with Crippen LogP contribution in [0.15, 0.2) is 23.3 Å². The van der Waals surface area contributed by atoms with E-state index in [0.29, 0.717) is 6.20 Å². The van der Waals surface area contributed by atoms with Crippen molar-refractivity contribution in [2.75, 3.05) is 43.1 Å². The summed E-state index contributed by atoms with van der Waals surface area (Å²) in [6, 6.07) is -0.267. The molecule has 1 fully saturated rings. The second-order valence-electron chi connectivity index (χ2n) is 9.26. The van der Waals surface area contributed by atoms with E-state index >= 15 is 0 Å². The van der Waals surface area contributed by atoms with E-state index in [0.717, 1.165) is 12.3 Å². The summed E-state index contributed by atoms with van der Waals surface area (Å²) in [4.78, 5) is 44.0. The van der Waals surface area contributed by atoms with Crippen LogP contribution >= 0.6 is 0 Å². The first kappa shape index (κ1) is 28.3. The van der Waals surface area contributed by atoms with Crippen LogP contribution in [0.1, 0.15) is 41.3 Å². The minimum absolute atomic E-state index is 0.0287. The molecule has 39 heavy (non-hydrogen) atoms. The number of aromatic nitrogens is 3. The average molecular weight is 562 g/mol. The predicted octanol–water partition coefficient (Wildman–Crippen LogP) is 2.71. The highest BCUT2D eigenvalue weighted by Crippen LogP contribution is 2.36. The lowest BCUT2D eigenvalue weighted by molar-refractivity contribution is -0.138. The molecule has 1 saturated heterocycles. The SMILES string of the molecule is C[C@@H](COCCC(=O)N1CCN2c3ncc(C(F)(F)F)cc3C(=O)CC2C1)Nc1cn[nH]c(=O)c1C(F)(F)F. The fourth-order valence-corrected chi connectivity index (χ4v) is 4.58. The van der Waals surface area contributed by atoms with Gasteiger partial charge in [-0.25, -0.2) is 10.1 Å². The molecular weight excluding hydrogens is 538 g/mol. The second-order valence-corrected chi connectivity index (χ2v) is 9.26. The number of alkyl halides is 6. The van der Waals surface area contributed by atoms with Crippen molar-refractivity contribution < 1.29 is 40.7 Å². The van der Waals surface area contributed by atoms with Gasteiger partial charge in [0.1, 0.15) is 11.4 Å². The number of hydrogen-bond donors (Lipinski definition) is 2. The van der Waals surface area contributed by atoms with E-state index in [4.69, 9.17) is 4.74 Å². The summed E-state index contributed by atoms with van der Waals surface area (Å²) in [5.74, 6) is -0.578. The van der Waals surface area contributed by atoms with Gasteiger partial charge in [-0.1, -0.05) is 0 Å². The number of halogens is 6. The summed E-state index contributed by atoms with van der Waals surface area (Å²) < 4.78 is 84.0. The van der Waals surface area contributed by atoms with E-state index in [1.807, 2.05) is 0 Å². The zero-order valence-electron chi connectivity index (χ0n) is 20.5. The molecular formula is C23H24F6N6O4. The van der Waals surface area contributed by atoms with Gasteiger partial charge in [-0.05, 0) is 13.0 Å². The van der Waals surface area contributed by atoms with Crippen LogP contribution in [0.25, 0.3) is 0 Å². The Labute approximate surface area is 217 Å². The number of piperazine rings is 1. The minimum atomic E-state index is -4.89. The van der Waals surface area contributed by atoms with E-state index in [9.17, 15) is 40.7 Å². The topological polar surface area (TPSA) is 121 Å². The molecule has 2 aromatic heterocycles. The largest absolute Gasteiger partial charge is 0.423 e. The Kier molecular flexibility index (Phi) is 7.86. The summed E-state index contributed by atoms with van der Waals surface area (Å²) in [6.07, 6.45) is -8.06. The number of ether oxygens (including phenoxy) is 1. The van der Waals surface area contributed by atoms with Crippen molar-refractivity contribution >= 4 is 23.2 Å². The van der Waals surface area contributed by atoms with Gasteiger partial charge in [-0.15, -0.1) is 0 Å². The molecule has 1 unspecified atom stereocenters. The normalized spacial score (nSPS) is 18.4. The summed E-state index contributed by atoms with van der Waals surface area (Å²) in [5.41, 5.74) is -4.37. The zero-order chi connectivity index (χ0) is 28.5. The molecule has 16 heteroatoms. The Balaban J connectivity index is 1.27. The number of hydrogen-bond acceptors (Lipinski definition) is 8. The van der Waals surface area contributed by atoms with Gasteiger partial charge in [0.2, 0.25) is 5.91 Å². The number of H-pyrrole nitrogens is 1. The number of carbonyl (C=O) groups is 2. The minimum Gasteiger partial charge on any atom is -0.379 e. The van der Waals surface area contributed by atoms with Gasteiger partial charge in [-0.2, -0.15) is 31.4 Å². The molecule has 0 aromatic carbocycles. The molecule has 0 bridgehead atoms. The summed E-state index contributed by atoms with van der Waals surface area (Å²) in [6.45, 7) is 2.16. The van der Waals surface area contributed by atoms with Crippen LogP contribution in [0, 0.1) is 0 Å².